The summed E-state index contributed by atoms with van der Waals surface area (Å²) in [5.74, 6) is 0.0683. The first kappa shape index (κ1) is 7.73. The molecule has 1 amide bonds. The first-order chi connectivity index (χ1) is 5.88. The largest absolute Gasteiger partial charge is 0.337 e. The lowest BCUT2D eigenvalue weighted by Gasteiger charge is -2.12. The van der Waals surface area contributed by atoms with Crippen LogP contribution in [0.4, 0.5) is 0 Å². The zero-order valence-corrected chi connectivity index (χ0v) is 7.43. The fourth-order valence-corrected chi connectivity index (χ4v) is 1.89. The molecular weight excluding hydrogens is 172 g/mol. The van der Waals surface area contributed by atoms with Gasteiger partial charge in [0.15, 0.2) is 5.01 Å². The third-order valence-electron chi connectivity index (χ3n) is 1.97. The first-order valence-electron chi connectivity index (χ1n) is 3.99. The second-order valence-electron chi connectivity index (χ2n) is 2.78. The minimum atomic E-state index is 0.0683. The summed E-state index contributed by atoms with van der Waals surface area (Å²) in [6, 6.07) is 0. The number of hydrogen-bond acceptors (Lipinski definition) is 3. The van der Waals surface area contributed by atoms with E-state index in [1.54, 1.807) is 6.20 Å². The SMILES string of the molecule is O=C(c1nc[c]s1)N1CCCC1. The third kappa shape index (κ3) is 1.34. The molecule has 0 unspecified atom stereocenters. The second-order valence-corrected chi connectivity index (χ2v) is 3.61. The molecule has 1 aliphatic rings. The van der Waals surface area contributed by atoms with Crippen LogP contribution in [0, 0.1) is 5.38 Å². The van der Waals surface area contributed by atoms with E-state index in [-0.39, 0.29) is 5.91 Å². The van der Waals surface area contributed by atoms with Crippen molar-refractivity contribution in [1.82, 2.24) is 9.88 Å². The van der Waals surface area contributed by atoms with Crippen LogP contribution in [-0.2, 0) is 0 Å². The van der Waals surface area contributed by atoms with Crippen LogP contribution in [0.3, 0.4) is 0 Å². The van der Waals surface area contributed by atoms with E-state index < -0.39 is 0 Å². The van der Waals surface area contributed by atoms with Crippen LogP contribution in [0.2, 0.25) is 0 Å². The van der Waals surface area contributed by atoms with Gasteiger partial charge in [-0.3, -0.25) is 4.79 Å². The zero-order chi connectivity index (χ0) is 8.39. The van der Waals surface area contributed by atoms with Gasteiger partial charge in [0, 0.05) is 19.3 Å². The average molecular weight is 181 g/mol. The summed E-state index contributed by atoms with van der Waals surface area (Å²) >= 11 is 1.29. The summed E-state index contributed by atoms with van der Waals surface area (Å²) in [5, 5.41) is 3.38. The molecule has 1 saturated heterocycles. The Kier molecular flexibility index (Phi) is 2.08. The highest BCUT2D eigenvalue weighted by molar-refractivity contribution is 7.11. The van der Waals surface area contributed by atoms with E-state index in [2.05, 4.69) is 10.4 Å². The second kappa shape index (κ2) is 3.23. The van der Waals surface area contributed by atoms with Crippen molar-refractivity contribution in [3.63, 3.8) is 0 Å². The highest BCUT2D eigenvalue weighted by Crippen LogP contribution is 2.13. The molecule has 4 heteroatoms. The molecular formula is C8H9N2OS. The van der Waals surface area contributed by atoms with Gasteiger partial charge in [-0.1, -0.05) is 0 Å². The summed E-state index contributed by atoms with van der Waals surface area (Å²) in [6.45, 7) is 1.77. The number of amides is 1. The number of nitrogens with zero attached hydrogens (tertiary/aromatic N) is 2. The molecule has 1 aliphatic heterocycles. The standard InChI is InChI=1S/C8H9N2OS/c11-8(7-9-3-6-12-7)10-4-1-2-5-10/h3H,1-2,4-5H2. The number of rotatable bonds is 1. The molecule has 1 radical (unpaired) electrons. The van der Waals surface area contributed by atoms with E-state index in [4.69, 9.17) is 0 Å². The lowest BCUT2D eigenvalue weighted by molar-refractivity contribution is 0.0792. The Morgan fingerprint density at radius 1 is 1.58 bits per heavy atom. The van der Waals surface area contributed by atoms with E-state index >= 15 is 0 Å². The van der Waals surface area contributed by atoms with Crippen molar-refractivity contribution < 1.29 is 4.79 Å². The monoisotopic (exact) mass is 181 g/mol. The number of hydrogen-bond donors (Lipinski definition) is 0. The summed E-state index contributed by atoms with van der Waals surface area (Å²) in [7, 11) is 0. The van der Waals surface area contributed by atoms with Crippen molar-refractivity contribution in [3.05, 3.63) is 16.6 Å². The Hall–Kier alpha value is -0.900. The van der Waals surface area contributed by atoms with Gasteiger partial charge in [0.25, 0.3) is 5.91 Å². The normalized spacial score (nSPS) is 16.8. The molecule has 0 bridgehead atoms. The van der Waals surface area contributed by atoms with Crippen molar-refractivity contribution in [3.8, 4) is 0 Å². The molecule has 63 valence electrons. The smallest absolute Gasteiger partial charge is 0.282 e. The molecule has 0 atom stereocenters. The first-order valence-corrected chi connectivity index (χ1v) is 4.81. The molecule has 1 fully saturated rings. The number of aromatic nitrogens is 1. The van der Waals surface area contributed by atoms with Crippen LogP contribution in [0.5, 0.6) is 0 Å². The van der Waals surface area contributed by atoms with Gasteiger partial charge in [0.1, 0.15) is 0 Å². The topological polar surface area (TPSA) is 33.2 Å². The Balaban J connectivity index is 2.09. The fraction of sp³-hybridized carbons (Fsp3) is 0.500. The van der Waals surface area contributed by atoms with Gasteiger partial charge >= 0.3 is 0 Å². The summed E-state index contributed by atoms with van der Waals surface area (Å²) in [6.07, 6.45) is 3.80. The minimum absolute atomic E-state index is 0.0683. The van der Waals surface area contributed by atoms with Gasteiger partial charge in [-0.25, -0.2) is 4.98 Å². The van der Waals surface area contributed by atoms with Crippen molar-refractivity contribution in [1.29, 1.82) is 0 Å². The molecule has 0 saturated carbocycles. The predicted molar refractivity (Wildman–Crippen MR) is 46.1 cm³/mol. The Morgan fingerprint density at radius 2 is 2.33 bits per heavy atom. The zero-order valence-electron chi connectivity index (χ0n) is 6.62. The van der Waals surface area contributed by atoms with E-state index in [0.29, 0.717) is 5.01 Å². The van der Waals surface area contributed by atoms with Crippen LogP contribution in [0.1, 0.15) is 22.6 Å². The van der Waals surface area contributed by atoms with E-state index in [0.717, 1.165) is 25.9 Å². The van der Waals surface area contributed by atoms with Crippen LogP contribution in [0.15, 0.2) is 6.20 Å². The van der Waals surface area contributed by atoms with Gasteiger partial charge < -0.3 is 4.90 Å². The maximum Gasteiger partial charge on any atom is 0.282 e. The lowest BCUT2D eigenvalue weighted by Crippen LogP contribution is -2.27. The van der Waals surface area contributed by atoms with Crippen molar-refractivity contribution in [2.75, 3.05) is 13.1 Å². The van der Waals surface area contributed by atoms with E-state index in [1.807, 2.05) is 4.90 Å². The molecule has 1 aromatic rings. The Labute approximate surface area is 75.0 Å². The molecule has 2 rings (SSSR count). The summed E-state index contributed by atoms with van der Waals surface area (Å²) < 4.78 is 0. The maximum atomic E-state index is 11.6. The molecule has 0 N–H and O–H groups in total. The predicted octanol–water partition coefficient (Wildman–Crippen LogP) is 1.18. The van der Waals surface area contributed by atoms with Crippen molar-refractivity contribution >= 4 is 17.2 Å². The molecule has 0 aliphatic carbocycles. The lowest BCUT2D eigenvalue weighted by atomic mass is 10.4. The fourth-order valence-electron chi connectivity index (χ4n) is 1.35. The average Bonchev–Trinajstić information content (AvgIpc) is 2.77. The molecule has 1 aromatic heterocycles. The van der Waals surface area contributed by atoms with Gasteiger partial charge in [0.05, 0.1) is 5.38 Å². The summed E-state index contributed by atoms with van der Waals surface area (Å²) in [5.41, 5.74) is 0. The van der Waals surface area contributed by atoms with Crippen LogP contribution >= 0.6 is 11.3 Å². The van der Waals surface area contributed by atoms with Crippen LogP contribution < -0.4 is 0 Å². The van der Waals surface area contributed by atoms with Crippen LogP contribution in [0.25, 0.3) is 0 Å². The maximum absolute atomic E-state index is 11.6. The molecule has 12 heavy (non-hydrogen) atoms. The Bertz CT molecular complexity index is 265. The third-order valence-corrected chi connectivity index (χ3v) is 2.66. The number of likely N-dealkylation sites (tertiary alicyclic amines) is 1. The van der Waals surface area contributed by atoms with Crippen LogP contribution in [-0.4, -0.2) is 28.9 Å². The number of carbonyl (C=O) groups is 1. The van der Waals surface area contributed by atoms with E-state index in [1.165, 1.54) is 11.3 Å². The van der Waals surface area contributed by atoms with Crippen molar-refractivity contribution in [2.24, 2.45) is 0 Å². The highest BCUT2D eigenvalue weighted by Gasteiger charge is 2.20. The summed E-state index contributed by atoms with van der Waals surface area (Å²) in [4.78, 5) is 17.3. The van der Waals surface area contributed by atoms with Gasteiger partial charge in [-0.05, 0) is 12.8 Å². The Morgan fingerprint density at radius 3 is 2.92 bits per heavy atom. The van der Waals surface area contributed by atoms with Gasteiger partial charge in [-0.15, -0.1) is 11.3 Å². The van der Waals surface area contributed by atoms with E-state index in [9.17, 15) is 4.79 Å². The molecule has 2 heterocycles. The minimum Gasteiger partial charge on any atom is -0.337 e. The molecule has 3 nitrogen and oxygen atoms in total. The molecule has 0 aromatic carbocycles. The number of thiazole rings is 1. The molecule has 0 spiro atoms. The van der Waals surface area contributed by atoms with Crippen molar-refractivity contribution in [2.45, 2.75) is 12.8 Å². The van der Waals surface area contributed by atoms with Gasteiger partial charge in [-0.2, -0.15) is 0 Å². The quantitative estimate of drug-likeness (QED) is 0.651. The highest BCUT2D eigenvalue weighted by atomic mass is 32.1. The van der Waals surface area contributed by atoms with Gasteiger partial charge in [0.2, 0.25) is 0 Å². The number of carbonyl (C=O) groups excluding carboxylic acids is 1.